The Morgan fingerprint density at radius 1 is 0.829 bits per heavy atom. The summed E-state index contributed by atoms with van der Waals surface area (Å²) in [4.78, 5) is 24.6. The van der Waals surface area contributed by atoms with E-state index in [2.05, 4.69) is 41.5 Å². The van der Waals surface area contributed by atoms with Crippen molar-refractivity contribution in [1.82, 2.24) is 0 Å². The maximum absolute atomic E-state index is 12.3. The Morgan fingerprint density at radius 2 is 1.51 bits per heavy atom. The zero-order chi connectivity index (χ0) is 25.8. The Kier molecular flexibility index (Phi) is 7.60. The van der Waals surface area contributed by atoms with Gasteiger partial charge in [-0.15, -0.1) is 0 Å². The van der Waals surface area contributed by atoms with Crippen molar-refractivity contribution < 1.29 is 14.3 Å². The van der Waals surface area contributed by atoms with Crippen LogP contribution in [-0.2, 0) is 14.3 Å². The number of rotatable bonds is 7. The summed E-state index contributed by atoms with van der Waals surface area (Å²) in [7, 11) is 0. The van der Waals surface area contributed by atoms with Crippen molar-refractivity contribution >= 4 is 11.8 Å². The SMILES string of the molecule is CC(=O)O[C@@H]1C[C@@H]2[C@H](CC[C@]3(C)[C@@H]([C@H](C)CCCC(C)C)CC[C@@]23C)[C@@]2(C)CC[C@H](C(C)=O)C[C@H]12. The molecule has 35 heavy (non-hydrogen) atoms. The number of fused-ring (bicyclic) bond motifs is 5. The Labute approximate surface area is 215 Å². The third kappa shape index (κ3) is 4.54. The van der Waals surface area contributed by atoms with Gasteiger partial charge in [0, 0.05) is 18.8 Å². The molecule has 0 aromatic carbocycles. The Bertz CT molecular complexity index is 803. The van der Waals surface area contributed by atoms with Crippen molar-refractivity contribution in [2.45, 2.75) is 132 Å². The van der Waals surface area contributed by atoms with Crippen molar-refractivity contribution in [2.24, 2.45) is 57.7 Å². The number of esters is 1. The van der Waals surface area contributed by atoms with Crippen LogP contribution in [-0.4, -0.2) is 17.9 Å². The van der Waals surface area contributed by atoms with E-state index in [1.54, 1.807) is 13.8 Å². The van der Waals surface area contributed by atoms with Gasteiger partial charge in [0.05, 0.1) is 0 Å². The molecule has 4 saturated carbocycles. The summed E-state index contributed by atoms with van der Waals surface area (Å²) in [6.07, 6.45) is 13.5. The molecule has 4 rings (SSSR count). The Morgan fingerprint density at radius 3 is 2.14 bits per heavy atom. The highest BCUT2D eigenvalue weighted by molar-refractivity contribution is 5.78. The second-order valence-corrected chi connectivity index (χ2v) is 14.6. The predicted octanol–water partition coefficient (Wildman–Crippen LogP) is 8.24. The maximum atomic E-state index is 12.3. The van der Waals surface area contributed by atoms with Crippen molar-refractivity contribution in [2.75, 3.05) is 0 Å². The van der Waals surface area contributed by atoms with Crippen LogP contribution in [0.2, 0.25) is 0 Å². The Balaban J connectivity index is 1.61. The maximum Gasteiger partial charge on any atom is 0.302 e. The lowest BCUT2D eigenvalue weighted by Gasteiger charge is -2.66. The van der Waals surface area contributed by atoms with Crippen LogP contribution in [0.4, 0.5) is 0 Å². The third-order valence-corrected chi connectivity index (χ3v) is 12.6. The monoisotopic (exact) mass is 486 g/mol. The molecule has 0 saturated heterocycles. The van der Waals surface area contributed by atoms with Gasteiger partial charge in [-0.25, -0.2) is 0 Å². The van der Waals surface area contributed by atoms with E-state index in [0.717, 1.165) is 43.4 Å². The second-order valence-electron chi connectivity index (χ2n) is 14.6. The molecule has 0 bridgehead atoms. The largest absolute Gasteiger partial charge is 0.462 e. The molecule has 0 N–H and O–H groups in total. The molecule has 10 atom stereocenters. The van der Waals surface area contributed by atoms with E-state index >= 15 is 0 Å². The molecule has 0 aliphatic heterocycles. The highest BCUT2D eigenvalue weighted by Gasteiger charge is 2.67. The molecule has 200 valence electrons. The number of Topliss-reactive ketones (excluding diaryl/α,β-unsaturated/α-hetero) is 1. The number of hydrogen-bond donors (Lipinski definition) is 0. The minimum absolute atomic E-state index is 0.0254. The zero-order valence-electron chi connectivity index (χ0n) is 24.1. The molecule has 0 heterocycles. The van der Waals surface area contributed by atoms with Gasteiger partial charge in [0.15, 0.2) is 0 Å². The molecule has 0 amide bonds. The van der Waals surface area contributed by atoms with Crippen LogP contribution >= 0.6 is 0 Å². The van der Waals surface area contributed by atoms with Gasteiger partial charge in [-0.3, -0.25) is 9.59 Å². The van der Waals surface area contributed by atoms with Gasteiger partial charge in [-0.1, -0.05) is 60.8 Å². The molecule has 4 aliphatic rings. The van der Waals surface area contributed by atoms with Crippen molar-refractivity contribution in [3.8, 4) is 0 Å². The predicted molar refractivity (Wildman–Crippen MR) is 143 cm³/mol. The van der Waals surface area contributed by atoms with Crippen LogP contribution in [0.25, 0.3) is 0 Å². The molecular formula is C32H54O3. The fourth-order valence-electron chi connectivity index (χ4n) is 10.4. The topological polar surface area (TPSA) is 43.4 Å². The molecule has 0 spiro atoms. The number of ether oxygens (including phenoxy) is 1. The van der Waals surface area contributed by atoms with Gasteiger partial charge < -0.3 is 4.74 Å². The smallest absolute Gasteiger partial charge is 0.302 e. The Hall–Kier alpha value is -0.860. The first-order chi connectivity index (χ1) is 16.3. The molecule has 3 heteroatoms. The summed E-state index contributed by atoms with van der Waals surface area (Å²) in [5, 5.41) is 0. The van der Waals surface area contributed by atoms with E-state index < -0.39 is 0 Å². The molecule has 0 radical (unpaired) electrons. The quantitative estimate of drug-likeness (QED) is 0.340. The van der Waals surface area contributed by atoms with Gasteiger partial charge in [-0.2, -0.15) is 0 Å². The highest BCUT2D eigenvalue weighted by Crippen LogP contribution is 2.74. The molecule has 3 nitrogen and oxygen atoms in total. The zero-order valence-corrected chi connectivity index (χ0v) is 24.1. The summed E-state index contributed by atoms with van der Waals surface area (Å²) < 4.78 is 6.13. The standard InChI is InChI=1S/C32H54O3/c1-20(2)10-9-11-21(3)25-13-16-32(8)27-19-29(35-23(5)34)28-18-24(22(4)33)12-15-30(28,6)26(27)14-17-31(25,32)7/h20-21,24-29H,9-19H2,1-8H3/t21-,24+,25-,26+,27-,28-,29-,30-,31-,32+/m1/s1. The lowest BCUT2D eigenvalue weighted by molar-refractivity contribution is -0.206. The number of carbonyl (C=O) groups is 2. The van der Waals surface area contributed by atoms with Gasteiger partial charge in [0.2, 0.25) is 0 Å². The summed E-state index contributed by atoms with van der Waals surface area (Å²) in [5.74, 6) is 4.37. The molecule has 4 fully saturated rings. The molecular weight excluding hydrogens is 432 g/mol. The molecule has 4 aliphatic carbocycles. The van der Waals surface area contributed by atoms with E-state index in [1.165, 1.54) is 44.9 Å². The number of ketones is 1. The fraction of sp³-hybridized carbons (Fsp3) is 0.938. The minimum atomic E-state index is -0.146. The lowest BCUT2D eigenvalue weighted by atomic mass is 9.39. The molecule has 0 aromatic rings. The lowest BCUT2D eigenvalue weighted by Crippen LogP contribution is -2.61. The van der Waals surface area contributed by atoms with E-state index in [1.807, 2.05) is 0 Å². The molecule has 0 unspecified atom stereocenters. The fourth-order valence-corrected chi connectivity index (χ4v) is 10.4. The van der Waals surface area contributed by atoms with E-state index in [0.29, 0.717) is 34.4 Å². The minimum Gasteiger partial charge on any atom is -0.462 e. The van der Waals surface area contributed by atoms with Crippen LogP contribution in [0.15, 0.2) is 0 Å². The first-order valence-corrected chi connectivity index (χ1v) is 15.0. The van der Waals surface area contributed by atoms with Gasteiger partial charge in [0.1, 0.15) is 11.9 Å². The normalized spacial score (nSPS) is 45.9. The van der Waals surface area contributed by atoms with E-state index in [4.69, 9.17) is 4.74 Å². The summed E-state index contributed by atoms with van der Waals surface area (Å²) in [5.41, 5.74) is 0.878. The van der Waals surface area contributed by atoms with Crippen LogP contribution in [0.3, 0.4) is 0 Å². The van der Waals surface area contributed by atoms with E-state index in [-0.39, 0.29) is 23.4 Å². The highest BCUT2D eigenvalue weighted by atomic mass is 16.5. The van der Waals surface area contributed by atoms with Crippen molar-refractivity contribution in [3.63, 3.8) is 0 Å². The van der Waals surface area contributed by atoms with Crippen LogP contribution in [0.1, 0.15) is 126 Å². The van der Waals surface area contributed by atoms with E-state index in [9.17, 15) is 9.59 Å². The summed E-state index contributed by atoms with van der Waals surface area (Å²) in [6.45, 7) is 18.3. The van der Waals surface area contributed by atoms with Crippen LogP contribution in [0, 0.1) is 57.7 Å². The van der Waals surface area contributed by atoms with Gasteiger partial charge >= 0.3 is 5.97 Å². The molecule has 0 aromatic heterocycles. The van der Waals surface area contributed by atoms with Gasteiger partial charge in [-0.05, 0) is 104 Å². The summed E-state index contributed by atoms with van der Waals surface area (Å²) >= 11 is 0. The average Bonchev–Trinajstić information content (AvgIpc) is 3.04. The second kappa shape index (κ2) is 9.79. The van der Waals surface area contributed by atoms with Gasteiger partial charge in [0.25, 0.3) is 0 Å². The average molecular weight is 487 g/mol. The summed E-state index contributed by atoms with van der Waals surface area (Å²) in [6, 6.07) is 0. The number of carbonyl (C=O) groups excluding carboxylic acids is 2. The van der Waals surface area contributed by atoms with Crippen molar-refractivity contribution in [3.05, 3.63) is 0 Å². The number of hydrogen-bond acceptors (Lipinski definition) is 3. The first-order valence-electron chi connectivity index (χ1n) is 15.0. The first kappa shape index (κ1) is 27.2. The third-order valence-electron chi connectivity index (χ3n) is 12.6. The van der Waals surface area contributed by atoms with Crippen LogP contribution in [0.5, 0.6) is 0 Å². The van der Waals surface area contributed by atoms with Crippen LogP contribution < -0.4 is 0 Å². The van der Waals surface area contributed by atoms with Crippen molar-refractivity contribution in [1.29, 1.82) is 0 Å².